The molecular weight excluding hydrogens is 296 g/mol. The molecule has 1 aliphatic carbocycles. The van der Waals surface area contributed by atoms with Crippen LogP contribution in [0.5, 0.6) is 5.88 Å². The zero-order valence-electron chi connectivity index (χ0n) is 14.2. The van der Waals surface area contributed by atoms with Crippen LogP contribution in [-0.2, 0) is 0 Å². The first-order valence-corrected chi connectivity index (χ1v) is 9.19. The number of hydrogen-bond donors (Lipinski definition) is 0. The average molecular weight is 322 g/mol. The Morgan fingerprint density at radius 2 is 1.83 bits per heavy atom. The highest BCUT2D eigenvalue weighted by Crippen LogP contribution is 2.50. The monoisotopic (exact) mass is 322 g/mol. The molecule has 2 atom stereocenters. The molecule has 1 aromatic heterocycles. The molecule has 1 saturated heterocycles. The summed E-state index contributed by atoms with van der Waals surface area (Å²) in [6.07, 6.45) is 5.97. The van der Waals surface area contributed by atoms with Crippen molar-refractivity contribution in [3.63, 3.8) is 0 Å². The van der Waals surface area contributed by atoms with Crippen molar-refractivity contribution in [2.24, 2.45) is 11.8 Å². The van der Waals surface area contributed by atoms with Crippen LogP contribution in [0.25, 0.3) is 0 Å². The van der Waals surface area contributed by atoms with Gasteiger partial charge in [0.05, 0.1) is 0 Å². The number of hydrogen-bond acceptors (Lipinski definition) is 3. The summed E-state index contributed by atoms with van der Waals surface area (Å²) in [6.45, 7) is 4.24. The molecule has 1 aliphatic heterocycles. The molecule has 0 spiro atoms. The minimum Gasteiger partial charge on any atom is -0.476 e. The molecule has 0 unspecified atom stereocenters. The Labute approximate surface area is 144 Å². The Hall–Kier alpha value is -1.87. The predicted octanol–water partition coefficient (Wildman–Crippen LogP) is 3.98. The first-order chi connectivity index (χ1) is 11.9. The highest BCUT2D eigenvalue weighted by molar-refractivity contribution is 5.25. The Kier molecular flexibility index (Phi) is 4.79. The van der Waals surface area contributed by atoms with Crippen LogP contribution in [0.2, 0.25) is 0 Å². The molecule has 3 nitrogen and oxygen atoms in total. The summed E-state index contributed by atoms with van der Waals surface area (Å²) in [7, 11) is 0. The summed E-state index contributed by atoms with van der Waals surface area (Å²) in [4.78, 5) is 6.68. The summed E-state index contributed by atoms with van der Waals surface area (Å²) in [5.74, 6) is 3.41. The lowest BCUT2D eigenvalue weighted by molar-refractivity contribution is 0.0746. The average Bonchev–Trinajstić information content (AvgIpc) is 3.37. The third kappa shape index (κ3) is 3.96. The normalized spacial score (nSPS) is 23.7. The van der Waals surface area contributed by atoms with E-state index in [0.29, 0.717) is 0 Å². The van der Waals surface area contributed by atoms with Gasteiger partial charge in [0.2, 0.25) is 5.88 Å². The second-order valence-electron chi connectivity index (χ2n) is 7.23. The van der Waals surface area contributed by atoms with Gasteiger partial charge < -0.3 is 4.74 Å². The van der Waals surface area contributed by atoms with Crippen molar-refractivity contribution >= 4 is 0 Å². The van der Waals surface area contributed by atoms with Gasteiger partial charge in [0, 0.05) is 31.9 Å². The minimum absolute atomic E-state index is 0.732. The third-order valence-corrected chi connectivity index (χ3v) is 5.42. The van der Waals surface area contributed by atoms with Gasteiger partial charge in [-0.25, -0.2) is 4.98 Å². The second kappa shape index (κ2) is 7.35. The van der Waals surface area contributed by atoms with E-state index in [2.05, 4.69) is 40.2 Å². The molecule has 0 bridgehead atoms. The molecule has 1 saturated carbocycles. The van der Waals surface area contributed by atoms with Crippen molar-refractivity contribution < 1.29 is 4.74 Å². The van der Waals surface area contributed by atoms with Crippen LogP contribution in [0.15, 0.2) is 54.7 Å². The Balaban J connectivity index is 1.08. The first kappa shape index (κ1) is 15.6. The highest BCUT2D eigenvalue weighted by Gasteiger charge is 2.38. The number of nitrogens with zero attached hydrogens (tertiary/aromatic N) is 2. The van der Waals surface area contributed by atoms with E-state index < -0.39 is 0 Å². The molecule has 0 amide bonds. The fraction of sp³-hybridized carbons (Fsp3) is 0.476. The summed E-state index contributed by atoms with van der Waals surface area (Å²) in [5, 5.41) is 0. The zero-order valence-corrected chi connectivity index (χ0v) is 14.2. The third-order valence-electron chi connectivity index (χ3n) is 5.42. The maximum Gasteiger partial charge on any atom is 0.213 e. The van der Waals surface area contributed by atoms with E-state index in [1.165, 1.54) is 32.4 Å². The molecule has 2 aromatic rings. The van der Waals surface area contributed by atoms with E-state index in [1.807, 2.05) is 18.2 Å². The Morgan fingerprint density at radius 1 is 1.00 bits per heavy atom. The van der Waals surface area contributed by atoms with Crippen LogP contribution in [-0.4, -0.2) is 36.1 Å². The maximum absolute atomic E-state index is 5.67. The van der Waals surface area contributed by atoms with Gasteiger partial charge in [-0.3, -0.25) is 4.90 Å². The van der Waals surface area contributed by atoms with Gasteiger partial charge in [0.15, 0.2) is 0 Å². The van der Waals surface area contributed by atoms with Crippen molar-refractivity contribution in [2.75, 3.05) is 26.2 Å². The number of ether oxygens (including phenoxy) is 1. The fourth-order valence-electron chi connectivity index (χ4n) is 3.88. The first-order valence-electron chi connectivity index (χ1n) is 9.19. The molecule has 0 N–H and O–H groups in total. The summed E-state index contributed by atoms with van der Waals surface area (Å²) >= 11 is 0. The van der Waals surface area contributed by atoms with Gasteiger partial charge in [-0.15, -0.1) is 0 Å². The molecule has 2 heterocycles. The van der Waals surface area contributed by atoms with Crippen LogP contribution < -0.4 is 4.74 Å². The van der Waals surface area contributed by atoms with E-state index in [4.69, 9.17) is 4.74 Å². The van der Waals surface area contributed by atoms with Crippen LogP contribution in [0, 0.1) is 11.8 Å². The zero-order chi connectivity index (χ0) is 16.2. The van der Waals surface area contributed by atoms with Gasteiger partial charge in [-0.1, -0.05) is 36.4 Å². The molecule has 3 heteroatoms. The van der Waals surface area contributed by atoms with Gasteiger partial charge in [-0.2, -0.15) is 0 Å². The number of likely N-dealkylation sites (tertiary alicyclic amines) is 1. The van der Waals surface area contributed by atoms with Gasteiger partial charge >= 0.3 is 0 Å². The number of rotatable bonds is 8. The lowest BCUT2D eigenvalue weighted by Gasteiger charge is -2.39. The molecule has 0 radical (unpaired) electrons. The minimum atomic E-state index is 0.732. The van der Waals surface area contributed by atoms with Crippen molar-refractivity contribution in [2.45, 2.75) is 25.2 Å². The van der Waals surface area contributed by atoms with Crippen molar-refractivity contribution in [3.8, 4) is 5.88 Å². The van der Waals surface area contributed by atoms with Crippen LogP contribution in [0.3, 0.4) is 0 Å². The van der Waals surface area contributed by atoms with Crippen LogP contribution in [0.4, 0.5) is 0 Å². The van der Waals surface area contributed by atoms with Gasteiger partial charge in [0.1, 0.15) is 6.61 Å². The van der Waals surface area contributed by atoms with Gasteiger partial charge in [0.25, 0.3) is 0 Å². The van der Waals surface area contributed by atoms with Crippen molar-refractivity contribution in [1.82, 2.24) is 9.88 Å². The summed E-state index contributed by atoms with van der Waals surface area (Å²) < 4.78 is 5.67. The largest absolute Gasteiger partial charge is 0.476 e. The Morgan fingerprint density at radius 3 is 2.62 bits per heavy atom. The molecule has 4 rings (SSSR count). The number of aromatic nitrogens is 1. The number of pyridine rings is 1. The molecule has 24 heavy (non-hydrogen) atoms. The van der Waals surface area contributed by atoms with Gasteiger partial charge in [-0.05, 0) is 48.6 Å². The van der Waals surface area contributed by atoms with E-state index in [-0.39, 0.29) is 0 Å². The molecule has 1 aromatic carbocycles. The topological polar surface area (TPSA) is 25.4 Å². The molecule has 2 fully saturated rings. The lowest BCUT2D eigenvalue weighted by Crippen LogP contribution is -2.48. The maximum atomic E-state index is 5.67. The summed E-state index contributed by atoms with van der Waals surface area (Å²) in [5.41, 5.74) is 1.55. The SMILES string of the molecule is c1ccc([C@@H]2C[C@H]2CCC2CN(CCOc3ccccn3)C2)cc1. The smallest absolute Gasteiger partial charge is 0.213 e. The summed E-state index contributed by atoms with van der Waals surface area (Å²) in [6, 6.07) is 16.8. The molecular formula is C21H26N2O. The fourth-order valence-corrected chi connectivity index (χ4v) is 3.88. The quantitative estimate of drug-likeness (QED) is 0.735. The standard InChI is InChI=1S/C21H26N2O/c1-2-6-18(7-3-1)20-14-19(20)10-9-17-15-23(16-17)12-13-24-21-8-4-5-11-22-21/h1-8,11,17,19-20H,9-10,12-16H2/t19-,20+/m1/s1. The van der Waals surface area contributed by atoms with Crippen molar-refractivity contribution in [1.29, 1.82) is 0 Å². The van der Waals surface area contributed by atoms with E-state index in [0.717, 1.165) is 36.8 Å². The molecule has 126 valence electrons. The highest BCUT2D eigenvalue weighted by atomic mass is 16.5. The van der Waals surface area contributed by atoms with E-state index >= 15 is 0 Å². The Bertz CT molecular complexity index is 625. The van der Waals surface area contributed by atoms with Crippen LogP contribution in [0.1, 0.15) is 30.7 Å². The predicted molar refractivity (Wildman–Crippen MR) is 96.2 cm³/mol. The van der Waals surface area contributed by atoms with Crippen molar-refractivity contribution in [3.05, 3.63) is 60.3 Å². The number of benzene rings is 1. The molecule has 2 aliphatic rings. The second-order valence-corrected chi connectivity index (χ2v) is 7.23. The van der Waals surface area contributed by atoms with E-state index in [9.17, 15) is 0 Å². The van der Waals surface area contributed by atoms with Crippen LogP contribution >= 0.6 is 0 Å². The van der Waals surface area contributed by atoms with E-state index in [1.54, 1.807) is 11.8 Å². The lowest BCUT2D eigenvalue weighted by atomic mass is 9.93.